The van der Waals surface area contributed by atoms with E-state index in [4.69, 9.17) is 0 Å². The van der Waals surface area contributed by atoms with E-state index in [1.165, 1.54) is 0 Å². The summed E-state index contributed by atoms with van der Waals surface area (Å²) >= 11 is 0. The summed E-state index contributed by atoms with van der Waals surface area (Å²) in [6, 6.07) is 10.1. The fourth-order valence-electron chi connectivity index (χ4n) is 3.34. The Labute approximate surface area is 127 Å². The number of aromatic nitrogens is 2. The molecule has 0 saturated heterocycles. The van der Waals surface area contributed by atoms with Gasteiger partial charge in [-0.2, -0.15) is 9.61 Å². The van der Waals surface area contributed by atoms with Gasteiger partial charge >= 0.3 is 0 Å². The average Bonchev–Trinajstić information content (AvgIpc) is 2.80. The molecule has 0 amide bonds. The van der Waals surface area contributed by atoms with E-state index in [9.17, 15) is 4.79 Å². The molecule has 4 nitrogen and oxygen atoms in total. The van der Waals surface area contributed by atoms with Crippen molar-refractivity contribution in [3.63, 3.8) is 0 Å². The topological polar surface area (TPSA) is 37.6 Å². The first-order valence-electron chi connectivity index (χ1n) is 7.35. The van der Waals surface area contributed by atoms with Crippen LogP contribution in [-0.4, -0.2) is 23.7 Å². The Balaban J connectivity index is 2.40. The van der Waals surface area contributed by atoms with E-state index in [0.29, 0.717) is 0 Å². The van der Waals surface area contributed by atoms with Crippen LogP contribution in [0.25, 0.3) is 27.1 Å². The van der Waals surface area contributed by atoms with Gasteiger partial charge in [-0.1, -0.05) is 18.2 Å². The number of fused-ring (bicyclic) bond motifs is 2. The molecule has 0 radical (unpaired) electrons. The minimum Gasteiger partial charge on any atom is -0.377 e. The maximum Gasteiger partial charge on any atom is 0.279 e. The summed E-state index contributed by atoms with van der Waals surface area (Å²) in [6.07, 6.45) is 0. The van der Waals surface area contributed by atoms with Gasteiger partial charge in [-0.05, 0) is 31.5 Å². The molecule has 0 aliphatic carbocycles. The normalized spacial score (nSPS) is 11.8. The molecule has 0 unspecified atom stereocenters. The van der Waals surface area contributed by atoms with Crippen molar-refractivity contribution in [3.8, 4) is 0 Å². The summed E-state index contributed by atoms with van der Waals surface area (Å²) in [6.45, 7) is 3.98. The van der Waals surface area contributed by atoms with Gasteiger partial charge in [0.1, 0.15) is 0 Å². The SMILES string of the molecule is Cc1nn2c(=O)c3ccc(N(C)C)c4cccc(c43)c2c1C. The second kappa shape index (κ2) is 4.19. The number of pyridine rings is 1. The Morgan fingerprint density at radius 1 is 1.00 bits per heavy atom. The maximum atomic E-state index is 12.8. The molecule has 2 aromatic heterocycles. The van der Waals surface area contributed by atoms with Gasteiger partial charge in [-0.15, -0.1) is 0 Å². The molecule has 4 aromatic rings. The first-order valence-corrected chi connectivity index (χ1v) is 7.35. The van der Waals surface area contributed by atoms with Crippen LogP contribution in [-0.2, 0) is 0 Å². The van der Waals surface area contributed by atoms with Crippen LogP contribution in [0.5, 0.6) is 0 Å². The highest BCUT2D eigenvalue weighted by Gasteiger charge is 2.17. The third-order valence-electron chi connectivity index (χ3n) is 4.54. The van der Waals surface area contributed by atoms with Crippen LogP contribution in [0.15, 0.2) is 35.1 Å². The van der Waals surface area contributed by atoms with E-state index in [0.717, 1.165) is 44.0 Å². The molecule has 4 heteroatoms. The van der Waals surface area contributed by atoms with E-state index < -0.39 is 0 Å². The van der Waals surface area contributed by atoms with Crippen molar-refractivity contribution in [2.24, 2.45) is 0 Å². The lowest BCUT2D eigenvalue weighted by Gasteiger charge is -2.17. The highest BCUT2D eigenvalue weighted by atomic mass is 16.1. The van der Waals surface area contributed by atoms with Gasteiger partial charge in [-0.25, -0.2) is 0 Å². The zero-order valence-electron chi connectivity index (χ0n) is 13.1. The van der Waals surface area contributed by atoms with E-state index in [1.54, 1.807) is 4.52 Å². The van der Waals surface area contributed by atoms with Gasteiger partial charge in [-0.3, -0.25) is 4.79 Å². The number of aryl methyl sites for hydroxylation is 2. The van der Waals surface area contributed by atoms with E-state index >= 15 is 0 Å². The monoisotopic (exact) mass is 291 g/mol. The number of hydrogen-bond acceptors (Lipinski definition) is 3. The molecule has 4 rings (SSSR count). The Morgan fingerprint density at radius 3 is 2.45 bits per heavy atom. The lowest BCUT2D eigenvalue weighted by atomic mass is 9.99. The Kier molecular flexibility index (Phi) is 2.49. The zero-order valence-corrected chi connectivity index (χ0v) is 13.1. The summed E-state index contributed by atoms with van der Waals surface area (Å²) in [5, 5.41) is 8.40. The van der Waals surface area contributed by atoms with Crippen molar-refractivity contribution < 1.29 is 0 Å². The highest BCUT2D eigenvalue weighted by molar-refractivity contribution is 6.18. The second-order valence-corrected chi connectivity index (χ2v) is 6.03. The molecule has 0 aliphatic heterocycles. The molecule has 0 bridgehead atoms. The molecule has 110 valence electrons. The molecule has 2 aromatic carbocycles. The maximum absolute atomic E-state index is 12.8. The quantitative estimate of drug-likeness (QED) is 0.541. The first kappa shape index (κ1) is 13.1. The van der Waals surface area contributed by atoms with Crippen LogP contribution in [0.1, 0.15) is 11.3 Å². The Hall–Kier alpha value is -2.62. The van der Waals surface area contributed by atoms with Gasteiger partial charge in [0.2, 0.25) is 0 Å². The van der Waals surface area contributed by atoms with E-state index in [-0.39, 0.29) is 5.56 Å². The molecule has 0 N–H and O–H groups in total. The lowest BCUT2D eigenvalue weighted by molar-refractivity contribution is 0.910. The van der Waals surface area contributed by atoms with Crippen molar-refractivity contribution in [1.82, 2.24) is 9.61 Å². The van der Waals surface area contributed by atoms with Gasteiger partial charge in [0.25, 0.3) is 5.56 Å². The minimum atomic E-state index is -0.0415. The molecule has 0 atom stereocenters. The average molecular weight is 291 g/mol. The van der Waals surface area contributed by atoms with Gasteiger partial charge in [0.15, 0.2) is 0 Å². The molecule has 0 fully saturated rings. The molecular weight excluding hydrogens is 274 g/mol. The van der Waals surface area contributed by atoms with E-state index in [2.05, 4.69) is 28.2 Å². The molecule has 0 aliphatic rings. The van der Waals surface area contributed by atoms with E-state index in [1.807, 2.05) is 40.1 Å². The van der Waals surface area contributed by atoms with Crippen molar-refractivity contribution in [3.05, 3.63) is 51.9 Å². The fourth-order valence-corrected chi connectivity index (χ4v) is 3.34. The fraction of sp³-hybridized carbons (Fsp3) is 0.222. The first-order chi connectivity index (χ1) is 10.5. The predicted octanol–water partition coefficient (Wildman–Crippen LogP) is 3.12. The summed E-state index contributed by atoms with van der Waals surface area (Å²) in [5.74, 6) is 0. The van der Waals surface area contributed by atoms with Crippen LogP contribution in [0.2, 0.25) is 0 Å². The Morgan fingerprint density at radius 2 is 1.73 bits per heavy atom. The minimum absolute atomic E-state index is 0.0415. The molecule has 0 saturated carbocycles. The van der Waals surface area contributed by atoms with Crippen LogP contribution in [0.3, 0.4) is 0 Å². The van der Waals surface area contributed by atoms with Gasteiger partial charge < -0.3 is 4.90 Å². The number of rotatable bonds is 1. The smallest absolute Gasteiger partial charge is 0.279 e. The van der Waals surface area contributed by atoms with Crippen molar-refractivity contribution >= 4 is 32.7 Å². The third-order valence-corrected chi connectivity index (χ3v) is 4.54. The highest BCUT2D eigenvalue weighted by Crippen LogP contribution is 2.34. The summed E-state index contributed by atoms with van der Waals surface area (Å²) in [5.41, 5.74) is 3.98. The standard InChI is InChI=1S/C18H17N3O/c1-10-11(2)19-21-17(10)13-7-5-6-12-15(20(3)4)9-8-14(16(12)13)18(21)22/h5-9H,1-4H3. The number of nitrogens with zero attached hydrogens (tertiary/aromatic N) is 3. The van der Waals surface area contributed by atoms with Crippen LogP contribution in [0, 0.1) is 13.8 Å². The zero-order chi connectivity index (χ0) is 15.6. The van der Waals surface area contributed by atoms with Gasteiger partial charge in [0, 0.05) is 35.9 Å². The van der Waals surface area contributed by atoms with Gasteiger partial charge in [0.05, 0.1) is 16.6 Å². The molecule has 22 heavy (non-hydrogen) atoms. The molecular formula is C18H17N3O. The predicted molar refractivity (Wildman–Crippen MR) is 91.5 cm³/mol. The molecule has 0 spiro atoms. The summed E-state index contributed by atoms with van der Waals surface area (Å²) in [4.78, 5) is 14.9. The number of anilines is 1. The summed E-state index contributed by atoms with van der Waals surface area (Å²) < 4.78 is 1.55. The number of hydrogen-bond donors (Lipinski definition) is 0. The van der Waals surface area contributed by atoms with Crippen LogP contribution < -0.4 is 10.5 Å². The number of benzene rings is 2. The molecule has 2 heterocycles. The summed E-state index contributed by atoms with van der Waals surface area (Å²) in [7, 11) is 4.04. The van der Waals surface area contributed by atoms with Crippen molar-refractivity contribution in [1.29, 1.82) is 0 Å². The second-order valence-electron chi connectivity index (χ2n) is 6.03. The lowest BCUT2D eigenvalue weighted by Crippen LogP contribution is -2.16. The third kappa shape index (κ3) is 1.47. The van der Waals surface area contributed by atoms with Crippen molar-refractivity contribution in [2.45, 2.75) is 13.8 Å². The largest absolute Gasteiger partial charge is 0.377 e. The van der Waals surface area contributed by atoms with Crippen LogP contribution >= 0.6 is 0 Å². The van der Waals surface area contributed by atoms with Crippen molar-refractivity contribution in [2.75, 3.05) is 19.0 Å². The Bertz CT molecular complexity index is 1090. The van der Waals surface area contributed by atoms with Crippen LogP contribution in [0.4, 0.5) is 5.69 Å².